The fourth-order valence-electron chi connectivity index (χ4n) is 2.30. The molecule has 24 heavy (non-hydrogen) atoms. The topological polar surface area (TPSA) is 118 Å². The van der Waals surface area contributed by atoms with Crippen LogP contribution in [0.15, 0.2) is 9.95 Å². The van der Waals surface area contributed by atoms with Crippen LogP contribution in [0.4, 0.5) is 0 Å². The molecule has 0 aromatic carbocycles. The van der Waals surface area contributed by atoms with Crippen molar-refractivity contribution in [3.05, 3.63) is 10.5 Å². The number of aromatic amines is 1. The molecule has 1 saturated heterocycles. The second-order valence-electron chi connectivity index (χ2n) is 5.84. The highest BCUT2D eigenvalue weighted by atomic mass is 32.2. The van der Waals surface area contributed by atoms with Gasteiger partial charge in [0, 0.05) is 12.6 Å². The zero-order chi connectivity index (χ0) is 17.5. The van der Waals surface area contributed by atoms with Gasteiger partial charge in [-0.1, -0.05) is 11.8 Å². The van der Waals surface area contributed by atoms with Crippen LogP contribution in [0.25, 0.3) is 0 Å². The van der Waals surface area contributed by atoms with E-state index in [9.17, 15) is 14.4 Å². The number of amides is 2. The molecule has 0 spiro atoms. The Labute approximate surface area is 143 Å². The number of thioether (sulfide) groups is 1. The van der Waals surface area contributed by atoms with Crippen molar-refractivity contribution in [1.29, 1.82) is 0 Å². The Morgan fingerprint density at radius 2 is 2.25 bits per heavy atom. The van der Waals surface area contributed by atoms with E-state index in [4.69, 9.17) is 4.74 Å². The number of rotatable bonds is 8. The summed E-state index contributed by atoms with van der Waals surface area (Å²) < 4.78 is 7.01. The summed E-state index contributed by atoms with van der Waals surface area (Å²) in [5.41, 5.74) is -0.315. The van der Waals surface area contributed by atoms with Gasteiger partial charge >= 0.3 is 5.69 Å². The van der Waals surface area contributed by atoms with Crippen LogP contribution in [0, 0.1) is 0 Å². The number of ether oxygens (including phenoxy) is 1. The van der Waals surface area contributed by atoms with Crippen molar-refractivity contribution in [1.82, 2.24) is 25.4 Å². The lowest BCUT2D eigenvalue weighted by Gasteiger charge is -2.11. The number of nitrogens with one attached hydrogen (secondary N) is 3. The Kier molecular flexibility index (Phi) is 6.85. The van der Waals surface area contributed by atoms with E-state index in [1.54, 1.807) is 0 Å². The summed E-state index contributed by atoms with van der Waals surface area (Å²) in [6.07, 6.45) is 1.90. The zero-order valence-electron chi connectivity index (χ0n) is 13.8. The Bertz CT molecular complexity index is 621. The summed E-state index contributed by atoms with van der Waals surface area (Å²) in [6, 6.07) is 0.0278. The molecule has 134 valence electrons. The van der Waals surface area contributed by atoms with E-state index < -0.39 is 0 Å². The molecule has 1 aromatic heterocycles. The molecule has 1 aliphatic rings. The molecule has 2 heterocycles. The van der Waals surface area contributed by atoms with Crippen molar-refractivity contribution >= 4 is 23.6 Å². The Hall–Kier alpha value is -1.81. The molecule has 0 bridgehead atoms. The third-order valence-corrected chi connectivity index (χ3v) is 4.34. The summed E-state index contributed by atoms with van der Waals surface area (Å²) in [5, 5.41) is 12.0. The minimum absolute atomic E-state index is 0.00760. The van der Waals surface area contributed by atoms with E-state index in [0.717, 1.165) is 24.6 Å². The molecule has 0 saturated carbocycles. The van der Waals surface area contributed by atoms with Crippen LogP contribution in [0.5, 0.6) is 0 Å². The number of carbonyl (C=O) groups excluding carboxylic acids is 2. The minimum Gasteiger partial charge on any atom is -0.376 e. The van der Waals surface area contributed by atoms with E-state index in [-0.39, 0.29) is 41.9 Å². The molecule has 2 amide bonds. The minimum atomic E-state index is -0.315. The Balaban J connectivity index is 1.80. The molecular weight excluding hydrogens is 334 g/mol. The molecule has 0 radical (unpaired) electrons. The molecule has 9 nitrogen and oxygen atoms in total. The molecule has 1 aliphatic heterocycles. The van der Waals surface area contributed by atoms with E-state index >= 15 is 0 Å². The summed E-state index contributed by atoms with van der Waals surface area (Å²) in [6.45, 7) is 4.76. The van der Waals surface area contributed by atoms with Gasteiger partial charge in [0.25, 0.3) is 0 Å². The molecule has 1 fully saturated rings. The molecule has 10 heteroatoms. The number of H-pyrrole nitrogens is 1. The molecular formula is C14H23N5O4S. The molecule has 0 aliphatic carbocycles. The highest BCUT2D eigenvalue weighted by Gasteiger charge is 2.20. The first-order valence-electron chi connectivity index (χ1n) is 7.91. The van der Waals surface area contributed by atoms with Gasteiger partial charge in [-0.3, -0.25) is 14.2 Å². The van der Waals surface area contributed by atoms with Crippen molar-refractivity contribution in [2.24, 2.45) is 0 Å². The van der Waals surface area contributed by atoms with Crippen molar-refractivity contribution in [3.8, 4) is 0 Å². The number of nitrogens with zero attached hydrogens (tertiary/aromatic N) is 2. The standard InChI is InChI=1S/C14H23N5O4S/c1-9(2)16-11(20)6-15-12(21)8-24-14-18-17-13(22)19(14)7-10-4-3-5-23-10/h9-10H,3-8H2,1-2H3,(H,15,21)(H,16,20)(H,17,22)/t10-/m0/s1. The lowest BCUT2D eigenvalue weighted by molar-refractivity contribution is -0.125. The van der Waals surface area contributed by atoms with E-state index in [1.807, 2.05) is 13.8 Å². The summed E-state index contributed by atoms with van der Waals surface area (Å²) in [4.78, 5) is 35.1. The fourth-order valence-corrected chi connectivity index (χ4v) is 3.09. The maximum absolute atomic E-state index is 11.8. The smallest absolute Gasteiger partial charge is 0.344 e. The molecule has 1 atom stereocenters. The predicted molar refractivity (Wildman–Crippen MR) is 88.8 cm³/mol. The van der Waals surface area contributed by atoms with Crippen LogP contribution in [-0.2, 0) is 20.9 Å². The van der Waals surface area contributed by atoms with Crippen LogP contribution in [0.1, 0.15) is 26.7 Å². The van der Waals surface area contributed by atoms with Crippen molar-refractivity contribution in [3.63, 3.8) is 0 Å². The molecule has 1 aromatic rings. The summed E-state index contributed by atoms with van der Waals surface area (Å²) in [5.74, 6) is -0.457. The van der Waals surface area contributed by atoms with Gasteiger partial charge in [-0.05, 0) is 26.7 Å². The van der Waals surface area contributed by atoms with Gasteiger partial charge in [0.2, 0.25) is 11.8 Å². The highest BCUT2D eigenvalue weighted by Crippen LogP contribution is 2.17. The first-order valence-corrected chi connectivity index (χ1v) is 8.90. The van der Waals surface area contributed by atoms with Crippen LogP contribution in [0.2, 0.25) is 0 Å². The highest BCUT2D eigenvalue weighted by molar-refractivity contribution is 7.99. The van der Waals surface area contributed by atoms with E-state index in [2.05, 4.69) is 20.8 Å². The summed E-state index contributed by atoms with van der Waals surface area (Å²) >= 11 is 1.15. The van der Waals surface area contributed by atoms with Crippen molar-refractivity contribution < 1.29 is 14.3 Å². The zero-order valence-corrected chi connectivity index (χ0v) is 14.6. The van der Waals surface area contributed by atoms with Crippen LogP contribution in [0.3, 0.4) is 0 Å². The lowest BCUT2D eigenvalue weighted by Crippen LogP contribution is -2.40. The molecule has 0 unspecified atom stereocenters. The number of carbonyl (C=O) groups is 2. The second-order valence-corrected chi connectivity index (χ2v) is 6.79. The normalized spacial score (nSPS) is 17.2. The predicted octanol–water partition coefficient (Wildman–Crippen LogP) is -0.517. The van der Waals surface area contributed by atoms with Gasteiger partial charge in [-0.25, -0.2) is 9.89 Å². The van der Waals surface area contributed by atoms with Crippen LogP contribution >= 0.6 is 11.8 Å². The monoisotopic (exact) mass is 357 g/mol. The number of hydrogen-bond acceptors (Lipinski definition) is 6. The largest absolute Gasteiger partial charge is 0.376 e. The third-order valence-electron chi connectivity index (χ3n) is 3.36. The second kappa shape index (κ2) is 8.88. The maximum Gasteiger partial charge on any atom is 0.344 e. The average Bonchev–Trinajstić information content (AvgIpc) is 3.14. The van der Waals surface area contributed by atoms with Gasteiger partial charge in [-0.2, -0.15) is 0 Å². The van der Waals surface area contributed by atoms with Crippen molar-refractivity contribution in [2.45, 2.75) is 50.5 Å². The Morgan fingerprint density at radius 1 is 1.46 bits per heavy atom. The SMILES string of the molecule is CC(C)NC(=O)CNC(=O)CSc1n[nH]c(=O)n1C[C@@H]1CCCO1. The first kappa shape index (κ1) is 18.5. The number of hydrogen-bond donors (Lipinski definition) is 3. The maximum atomic E-state index is 11.8. The van der Waals surface area contributed by atoms with Gasteiger partial charge in [0.15, 0.2) is 5.16 Å². The van der Waals surface area contributed by atoms with Crippen LogP contribution < -0.4 is 16.3 Å². The quantitative estimate of drug-likeness (QED) is 0.539. The summed E-state index contributed by atoms with van der Waals surface area (Å²) in [7, 11) is 0. The Morgan fingerprint density at radius 3 is 2.92 bits per heavy atom. The van der Waals surface area contributed by atoms with Gasteiger partial charge in [-0.15, -0.1) is 5.10 Å². The lowest BCUT2D eigenvalue weighted by atomic mass is 10.2. The van der Waals surface area contributed by atoms with Gasteiger partial charge < -0.3 is 15.4 Å². The molecule has 2 rings (SSSR count). The van der Waals surface area contributed by atoms with E-state index in [0.29, 0.717) is 18.3 Å². The van der Waals surface area contributed by atoms with Crippen LogP contribution in [-0.4, -0.2) is 57.6 Å². The number of aromatic nitrogens is 3. The van der Waals surface area contributed by atoms with Crippen molar-refractivity contribution in [2.75, 3.05) is 18.9 Å². The third kappa shape index (κ3) is 5.68. The van der Waals surface area contributed by atoms with Gasteiger partial charge in [0.05, 0.1) is 24.9 Å². The van der Waals surface area contributed by atoms with E-state index in [1.165, 1.54) is 4.57 Å². The molecule has 3 N–H and O–H groups in total. The van der Waals surface area contributed by atoms with Gasteiger partial charge in [0.1, 0.15) is 0 Å². The fraction of sp³-hybridized carbons (Fsp3) is 0.714. The first-order chi connectivity index (χ1) is 11.5. The average molecular weight is 357 g/mol.